The van der Waals surface area contributed by atoms with E-state index in [9.17, 15) is 4.79 Å². The second-order valence-corrected chi connectivity index (χ2v) is 6.55. The molecule has 21 heavy (non-hydrogen) atoms. The Balaban J connectivity index is 1.73. The Morgan fingerprint density at radius 3 is 2.71 bits per heavy atom. The van der Waals surface area contributed by atoms with Gasteiger partial charge in [-0.15, -0.1) is 0 Å². The van der Waals surface area contributed by atoms with Crippen molar-refractivity contribution in [2.45, 2.75) is 32.7 Å². The molecule has 0 radical (unpaired) electrons. The van der Waals surface area contributed by atoms with Gasteiger partial charge in [-0.05, 0) is 39.4 Å². The highest BCUT2D eigenvalue weighted by Crippen LogP contribution is 2.21. The fourth-order valence-corrected chi connectivity index (χ4v) is 3.31. The molecule has 2 rings (SSSR count). The quantitative estimate of drug-likeness (QED) is 0.730. The predicted octanol–water partition coefficient (Wildman–Crippen LogP) is 0.897. The van der Waals surface area contributed by atoms with E-state index in [2.05, 4.69) is 30.7 Å². The lowest BCUT2D eigenvalue weighted by atomic mass is 10.1. The number of rotatable bonds is 6. The normalized spacial score (nSPS) is 25.5. The molecular formula is C16H31N3O2. The molecular weight excluding hydrogens is 266 g/mol. The predicted molar refractivity (Wildman–Crippen MR) is 84.3 cm³/mol. The van der Waals surface area contributed by atoms with Gasteiger partial charge in [0.15, 0.2) is 0 Å². The van der Waals surface area contributed by atoms with E-state index in [4.69, 9.17) is 4.74 Å². The third-order valence-electron chi connectivity index (χ3n) is 4.88. The fraction of sp³-hybridized carbons (Fsp3) is 0.938. The number of hydrogen-bond donors (Lipinski definition) is 0. The lowest BCUT2D eigenvalue weighted by Crippen LogP contribution is -2.44. The standard InChI is InChI=1S/C16H31N3O2/c1-4-17(3)12-15-5-6-19(13-15)14(2)11-16(20)18-7-9-21-10-8-18/h14-15H,4-13H2,1-3H3/t14-,15-/m1/s1. The first-order chi connectivity index (χ1) is 10.1. The molecule has 5 nitrogen and oxygen atoms in total. The molecule has 122 valence electrons. The first kappa shape index (κ1) is 16.7. The summed E-state index contributed by atoms with van der Waals surface area (Å²) in [4.78, 5) is 19.1. The van der Waals surface area contributed by atoms with Crippen LogP contribution in [-0.2, 0) is 9.53 Å². The van der Waals surface area contributed by atoms with E-state index in [0.717, 1.165) is 38.6 Å². The Morgan fingerprint density at radius 2 is 2.05 bits per heavy atom. The summed E-state index contributed by atoms with van der Waals surface area (Å²) in [6, 6.07) is 0.359. The molecule has 0 aliphatic carbocycles. The summed E-state index contributed by atoms with van der Waals surface area (Å²) in [5.74, 6) is 1.05. The average molecular weight is 297 g/mol. The second-order valence-electron chi connectivity index (χ2n) is 6.55. The van der Waals surface area contributed by atoms with Gasteiger partial charge < -0.3 is 14.5 Å². The van der Waals surface area contributed by atoms with Gasteiger partial charge >= 0.3 is 0 Å². The number of amides is 1. The van der Waals surface area contributed by atoms with Crippen LogP contribution in [0.25, 0.3) is 0 Å². The number of ether oxygens (including phenoxy) is 1. The SMILES string of the molecule is CCN(C)C[C@H]1CCN([C@H](C)CC(=O)N2CCOCC2)C1. The Bertz CT molecular complexity index is 331. The van der Waals surface area contributed by atoms with Crippen LogP contribution >= 0.6 is 0 Å². The molecule has 2 aliphatic rings. The van der Waals surface area contributed by atoms with Crippen LogP contribution < -0.4 is 0 Å². The highest BCUT2D eigenvalue weighted by molar-refractivity contribution is 5.76. The maximum atomic E-state index is 12.3. The van der Waals surface area contributed by atoms with Crippen LogP contribution in [0.5, 0.6) is 0 Å². The molecule has 0 bridgehead atoms. The summed E-state index contributed by atoms with van der Waals surface area (Å²) in [6.07, 6.45) is 1.91. The minimum absolute atomic E-state index is 0.292. The van der Waals surface area contributed by atoms with Gasteiger partial charge in [0.05, 0.1) is 13.2 Å². The Hall–Kier alpha value is -0.650. The first-order valence-corrected chi connectivity index (χ1v) is 8.38. The van der Waals surface area contributed by atoms with Gasteiger partial charge in [0, 0.05) is 38.6 Å². The molecule has 2 saturated heterocycles. The molecule has 2 aliphatic heterocycles. The minimum atomic E-state index is 0.292. The lowest BCUT2D eigenvalue weighted by molar-refractivity contribution is -0.136. The molecule has 5 heteroatoms. The van der Waals surface area contributed by atoms with E-state index in [1.54, 1.807) is 0 Å². The van der Waals surface area contributed by atoms with Gasteiger partial charge in [-0.3, -0.25) is 9.69 Å². The highest BCUT2D eigenvalue weighted by atomic mass is 16.5. The maximum absolute atomic E-state index is 12.3. The van der Waals surface area contributed by atoms with Crippen LogP contribution in [0.2, 0.25) is 0 Å². The van der Waals surface area contributed by atoms with Gasteiger partial charge in [0.1, 0.15) is 0 Å². The Morgan fingerprint density at radius 1 is 1.33 bits per heavy atom. The zero-order valence-corrected chi connectivity index (χ0v) is 13.9. The van der Waals surface area contributed by atoms with Crippen LogP contribution in [0.4, 0.5) is 0 Å². The first-order valence-electron chi connectivity index (χ1n) is 8.38. The van der Waals surface area contributed by atoms with Crippen molar-refractivity contribution in [3.8, 4) is 0 Å². The summed E-state index contributed by atoms with van der Waals surface area (Å²) >= 11 is 0. The molecule has 0 saturated carbocycles. The van der Waals surface area contributed by atoms with Gasteiger partial charge in [0.2, 0.25) is 5.91 Å². The molecule has 0 N–H and O–H groups in total. The van der Waals surface area contributed by atoms with E-state index < -0.39 is 0 Å². The molecule has 0 aromatic carbocycles. The van der Waals surface area contributed by atoms with Crippen molar-refractivity contribution in [1.29, 1.82) is 0 Å². The van der Waals surface area contributed by atoms with E-state index in [1.165, 1.54) is 13.0 Å². The topological polar surface area (TPSA) is 36.0 Å². The molecule has 1 amide bonds. The van der Waals surface area contributed by atoms with E-state index in [1.807, 2.05) is 4.90 Å². The van der Waals surface area contributed by atoms with Crippen LogP contribution in [0.15, 0.2) is 0 Å². The van der Waals surface area contributed by atoms with Gasteiger partial charge in [-0.1, -0.05) is 6.92 Å². The van der Waals surface area contributed by atoms with Crippen molar-refractivity contribution in [1.82, 2.24) is 14.7 Å². The maximum Gasteiger partial charge on any atom is 0.224 e. The number of likely N-dealkylation sites (tertiary alicyclic amines) is 1. The summed E-state index contributed by atoms with van der Waals surface area (Å²) in [7, 11) is 2.19. The smallest absolute Gasteiger partial charge is 0.224 e. The number of hydrogen-bond acceptors (Lipinski definition) is 4. The molecule has 0 aromatic rings. The van der Waals surface area contributed by atoms with Crippen LogP contribution in [0, 0.1) is 5.92 Å². The van der Waals surface area contributed by atoms with E-state index in [0.29, 0.717) is 31.6 Å². The minimum Gasteiger partial charge on any atom is -0.378 e. The van der Waals surface area contributed by atoms with Crippen LogP contribution in [0.3, 0.4) is 0 Å². The summed E-state index contributed by atoms with van der Waals surface area (Å²) in [5.41, 5.74) is 0. The lowest BCUT2D eigenvalue weighted by Gasteiger charge is -2.30. The van der Waals surface area contributed by atoms with E-state index in [-0.39, 0.29) is 0 Å². The number of morpholine rings is 1. The number of carbonyl (C=O) groups excluding carboxylic acids is 1. The van der Waals surface area contributed by atoms with Crippen LogP contribution in [-0.4, -0.2) is 86.2 Å². The van der Waals surface area contributed by atoms with Crippen molar-refractivity contribution in [3.63, 3.8) is 0 Å². The van der Waals surface area contributed by atoms with Crippen molar-refractivity contribution in [3.05, 3.63) is 0 Å². The number of carbonyl (C=O) groups is 1. The molecule has 2 atom stereocenters. The largest absolute Gasteiger partial charge is 0.378 e. The van der Waals surface area contributed by atoms with Gasteiger partial charge in [-0.2, -0.15) is 0 Å². The van der Waals surface area contributed by atoms with E-state index >= 15 is 0 Å². The Kier molecular flexibility index (Phi) is 6.45. The van der Waals surface area contributed by atoms with Crippen molar-refractivity contribution in [2.24, 2.45) is 5.92 Å². The van der Waals surface area contributed by atoms with Crippen LogP contribution in [0.1, 0.15) is 26.7 Å². The third kappa shape index (κ3) is 4.94. The Labute approximate surface area is 129 Å². The fourth-order valence-electron chi connectivity index (χ4n) is 3.31. The molecule has 2 fully saturated rings. The summed E-state index contributed by atoms with van der Waals surface area (Å²) in [5, 5.41) is 0. The summed E-state index contributed by atoms with van der Waals surface area (Å²) in [6.45, 7) is 11.9. The molecule has 0 spiro atoms. The van der Waals surface area contributed by atoms with Crippen molar-refractivity contribution < 1.29 is 9.53 Å². The van der Waals surface area contributed by atoms with Crippen molar-refractivity contribution in [2.75, 3.05) is 59.5 Å². The monoisotopic (exact) mass is 297 g/mol. The number of nitrogens with zero attached hydrogens (tertiary/aromatic N) is 3. The molecule has 0 unspecified atom stereocenters. The zero-order valence-electron chi connectivity index (χ0n) is 13.9. The summed E-state index contributed by atoms with van der Waals surface area (Å²) < 4.78 is 5.31. The van der Waals surface area contributed by atoms with Gasteiger partial charge in [-0.25, -0.2) is 0 Å². The van der Waals surface area contributed by atoms with Gasteiger partial charge in [0.25, 0.3) is 0 Å². The zero-order chi connectivity index (χ0) is 15.2. The molecule has 2 heterocycles. The average Bonchev–Trinajstić information content (AvgIpc) is 2.96. The highest BCUT2D eigenvalue weighted by Gasteiger charge is 2.28. The molecule has 0 aromatic heterocycles. The van der Waals surface area contributed by atoms with Crippen molar-refractivity contribution >= 4 is 5.91 Å². The third-order valence-corrected chi connectivity index (χ3v) is 4.88. The second kappa shape index (κ2) is 8.11.